The molecule has 3 rings (SSSR count). The fourth-order valence-corrected chi connectivity index (χ4v) is 2.88. The maximum absolute atomic E-state index is 11.8. The first-order valence-corrected chi connectivity index (χ1v) is 8.23. The molecule has 0 fully saturated rings. The highest BCUT2D eigenvalue weighted by Gasteiger charge is 2.07. The minimum Gasteiger partial charge on any atom is -0.451 e. The Bertz CT molecular complexity index is 811. The van der Waals surface area contributed by atoms with Crippen LogP contribution in [0.4, 0.5) is 5.13 Å². The number of rotatable bonds is 4. The van der Waals surface area contributed by atoms with Gasteiger partial charge in [0.25, 0.3) is 0 Å². The molecule has 0 aliphatic rings. The summed E-state index contributed by atoms with van der Waals surface area (Å²) in [5.74, 6) is 0.351. The molecule has 0 bridgehead atoms. The SMILES string of the molecule is O=C(/C=C/c1ccc(I)o1)Nc1nnc(-c2ccccc2)s1. The van der Waals surface area contributed by atoms with Gasteiger partial charge < -0.3 is 4.42 Å². The standard InChI is InChI=1S/C15H10IN3O2S/c16-12-8-6-11(21-12)7-9-13(20)17-15-19-18-14(22-15)10-4-2-1-3-5-10/h1-9H,(H,17,19,20)/b9-7+. The van der Waals surface area contributed by atoms with Crippen molar-refractivity contribution in [2.75, 3.05) is 5.32 Å². The number of halogens is 1. The maximum Gasteiger partial charge on any atom is 0.250 e. The first-order chi connectivity index (χ1) is 10.7. The summed E-state index contributed by atoms with van der Waals surface area (Å²) in [5.41, 5.74) is 0.973. The Kier molecular flexibility index (Phi) is 4.64. The summed E-state index contributed by atoms with van der Waals surface area (Å²) >= 11 is 3.39. The fourth-order valence-electron chi connectivity index (χ4n) is 1.69. The fraction of sp³-hybridized carbons (Fsp3) is 0. The molecule has 0 unspecified atom stereocenters. The number of nitrogens with one attached hydrogen (secondary N) is 1. The Balaban J connectivity index is 1.65. The molecular weight excluding hydrogens is 413 g/mol. The van der Waals surface area contributed by atoms with Gasteiger partial charge >= 0.3 is 0 Å². The van der Waals surface area contributed by atoms with E-state index in [1.807, 2.05) is 36.4 Å². The Labute approximate surface area is 144 Å². The molecule has 0 aliphatic heterocycles. The summed E-state index contributed by atoms with van der Waals surface area (Å²) in [4.78, 5) is 11.8. The predicted octanol–water partition coefficient (Wildman–Crippen LogP) is 4.05. The molecule has 2 aromatic heterocycles. The van der Waals surface area contributed by atoms with Crippen molar-refractivity contribution < 1.29 is 9.21 Å². The Morgan fingerprint density at radius 3 is 2.73 bits per heavy atom. The highest BCUT2D eigenvalue weighted by Crippen LogP contribution is 2.25. The molecule has 0 radical (unpaired) electrons. The third kappa shape index (κ3) is 3.80. The molecule has 0 aliphatic carbocycles. The van der Waals surface area contributed by atoms with Gasteiger partial charge in [0, 0.05) is 11.6 Å². The summed E-state index contributed by atoms with van der Waals surface area (Å²) in [7, 11) is 0. The van der Waals surface area contributed by atoms with Crippen LogP contribution in [0.25, 0.3) is 16.6 Å². The first-order valence-electron chi connectivity index (χ1n) is 6.34. The number of aromatic nitrogens is 2. The molecule has 2 heterocycles. The number of hydrogen-bond donors (Lipinski definition) is 1. The number of amides is 1. The van der Waals surface area contributed by atoms with E-state index in [1.165, 1.54) is 17.4 Å². The molecule has 22 heavy (non-hydrogen) atoms. The van der Waals surface area contributed by atoms with Crippen LogP contribution in [0.3, 0.4) is 0 Å². The maximum atomic E-state index is 11.8. The molecule has 1 amide bonds. The van der Waals surface area contributed by atoms with Crippen molar-refractivity contribution in [2.24, 2.45) is 0 Å². The van der Waals surface area contributed by atoms with Crippen molar-refractivity contribution in [3.05, 3.63) is 58.1 Å². The lowest BCUT2D eigenvalue weighted by Crippen LogP contribution is -2.07. The molecule has 0 atom stereocenters. The van der Waals surface area contributed by atoms with Gasteiger partial charge in [-0.15, -0.1) is 10.2 Å². The number of carbonyl (C=O) groups excluding carboxylic acids is 1. The number of hydrogen-bond acceptors (Lipinski definition) is 5. The smallest absolute Gasteiger partial charge is 0.250 e. The second-order valence-corrected chi connectivity index (χ2v) is 6.28. The monoisotopic (exact) mass is 423 g/mol. The molecule has 0 saturated heterocycles. The minimum atomic E-state index is -0.276. The number of nitrogens with zero attached hydrogens (tertiary/aromatic N) is 2. The van der Waals surface area contributed by atoms with Gasteiger partial charge in [0.05, 0.1) is 0 Å². The van der Waals surface area contributed by atoms with Gasteiger partial charge in [0.1, 0.15) is 10.8 Å². The molecule has 1 aromatic carbocycles. The quantitative estimate of drug-likeness (QED) is 0.508. The van der Waals surface area contributed by atoms with E-state index >= 15 is 0 Å². The van der Waals surface area contributed by atoms with Gasteiger partial charge in [0.2, 0.25) is 11.0 Å². The van der Waals surface area contributed by atoms with E-state index < -0.39 is 0 Å². The summed E-state index contributed by atoms with van der Waals surface area (Å²) in [5, 5.41) is 12.0. The van der Waals surface area contributed by atoms with Crippen molar-refractivity contribution in [3.63, 3.8) is 0 Å². The van der Waals surface area contributed by atoms with Crippen LogP contribution < -0.4 is 5.32 Å². The number of benzene rings is 1. The summed E-state index contributed by atoms with van der Waals surface area (Å²) in [6, 6.07) is 13.3. The van der Waals surface area contributed by atoms with Crippen LogP contribution in [0, 0.1) is 3.77 Å². The molecule has 7 heteroatoms. The molecule has 110 valence electrons. The zero-order valence-electron chi connectivity index (χ0n) is 11.2. The summed E-state index contributed by atoms with van der Waals surface area (Å²) in [6.45, 7) is 0. The van der Waals surface area contributed by atoms with Crippen molar-refractivity contribution in [1.29, 1.82) is 0 Å². The van der Waals surface area contributed by atoms with Gasteiger partial charge in [-0.25, -0.2) is 0 Å². The second kappa shape index (κ2) is 6.84. The van der Waals surface area contributed by atoms with Crippen molar-refractivity contribution >= 4 is 51.0 Å². The second-order valence-electron chi connectivity index (χ2n) is 4.24. The molecular formula is C15H10IN3O2S. The Morgan fingerprint density at radius 1 is 1.18 bits per heavy atom. The summed E-state index contributed by atoms with van der Waals surface area (Å²) in [6.07, 6.45) is 3.01. The van der Waals surface area contributed by atoms with Crippen molar-refractivity contribution in [3.8, 4) is 10.6 Å². The Hall–Kier alpha value is -2.00. The van der Waals surface area contributed by atoms with E-state index in [0.29, 0.717) is 10.9 Å². The highest BCUT2D eigenvalue weighted by molar-refractivity contribution is 14.1. The molecule has 3 aromatic rings. The zero-order chi connectivity index (χ0) is 15.4. The van der Waals surface area contributed by atoms with E-state index in [4.69, 9.17) is 4.42 Å². The van der Waals surface area contributed by atoms with Gasteiger partial charge in [-0.2, -0.15) is 0 Å². The van der Waals surface area contributed by atoms with Gasteiger partial charge in [-0.05, 0) is 40.8 Å². The third-order valence-corrected chi connectivity index (χ3v) is 4.14. The topological polar surface area (TPSA) is 68.0 Å². The largest absolute Gasteiger partial charge is 0.451 e. The van der Waals surface area contributed by atoms with Crippen LogP contribution in [0.15, 0.2) is 53.0 Å². The number of carbonyl (C=O) groups is 1. The third-order valence-electron chi connectivity index (χ3n) is 2.67. The van der Waals surface area contributed by atoms with E-state index in [1.54, 1.807) is 12.1 Å². The summed E-state index contributed by atoms with van der Waals surface area (Å²) < 4.78 is 6.11. The van der Waals surface area contributed by atoms with Crippen LogP contribution in [0.5, 0.6) is 0 Å². The van der Waals surface area contributed by atoms with Crippen LogP contribution in [0.2, 0.25) is 0 Å². The van der Waals surface area contributed by atoms with Crippen molar-refractivity contribution in [1.82, 2.24) is 10.2 Å². The van der Waals surface area contributed by atoms with Gasteiger partial charge in [0.15, 0.2) is 3.77 Å². The predicted molar refractivity (Wildman–Crippen MR) is 94.4 cm³/mol. The molecule has 0 saturated carbocycles. The normalized spacial score (nSPS) is 11.0. The lowest BCUT2D eigenvalue weighted by molar-refractivity contribution is -0.111. The number of anilines is 1. The van der Waals surface area contributed by atoms with E-state index in [2.05, 4.69) is 38.1 Å². The average Bonchev–Trinajstić information content (AvgIpc) is 3.15. The lowest BCUT2D eigenvalue weighted by Gasteiger charge is -1.94. The zero-order valence-corrected chi connectivity index (χ0v) is 14.2. The van der Waals surface area contributed by atoms with Crippen LogP contribution >= 0.6 is 33.9 Å². The van der Waals surface area contributed by atoms with E-state index in [0.717, 1.165) is 14.3 Å². The molecule has 1 N–H and O–H groups in total. The average molecular weight is 423 g/mol. The van der Waals surface area contributed by atoms with Crippen molar-refractivity contribution in [2.45, 2.75) is 0 Å². The van der Waals surface area contributed by atoms with Crippen LogP contribution in [-0.2, 0) is 4.79 Å². The Morgan fingerprint density at radius 2 is 2.00 bits per heavy atom. The van der Waals surface area contributed by atoms with Crippen LogP contribution in [0.1, 0.15) is 5.76 Å². The first kappa shape index (κ1) is 14.9. The van der Waals surface area contributed by atoms with E-state index in [9.17, 15) is 4.79 Å². The van der Waals surface area contributed by atoms with Gasteiger partial charge in [-0.3, -0.25) is 10.1 Å². The molecule has 5 nitrogen and oxygen atoms in total. The van der Waals surface area contributed by atoms with E-state index in [-0.39, 0.29) is 5.91 Å². The highest BCUT2D eigenvalue weighted by atomic mass is 127. The molecule has 0 spiro atoms. The van der Waals surface area contributed by atoms with Gasteiger partial charge in [-0.1, -0.05) is 41.7 Å². The lowest BCUT2D eigenvalue weighted by atomic mass is 10.2. The number of furan rings is 1. The minimum absolute atomic E-state index is 0.276. The van der Waals surface area contributed by atoms with Crippen LogP contribution in [-0.4, -0.2) is 16.1 Å².